The Morgan fingerprint density at radius 1 is 1.04 bits per heavy atom. The van der Waals surface area contributed by atoms with Crippen LogP contribution < -0.4 is 0 Å². The summed E-state index contributed by atoms with van der Waals surface area (Å²) in [5.74, 6) is 0. The second-order valence-corrected chi connectivity index (χ2v) is 12.6. The summed E-state index contributed by atoms with van der Waals surface area (Å²) in [6.45, 7) is 19.5. The van der Waals surface area contributed by atoms with Gasteiger partial charge in [0.15, 0.2) is 0 Å². The molecule has 3 heteroatoms. The Morgan fingerprint density at radius 3 is 2.21 bits per heavy atom. The molecule has 0 fully saturated rings. The zero-order valence-electron chi connectivity index (χ0n) is 20.0. The standard InChI is InChI=1S/C25H46O2Si/c1-9-26-28(8,27-10-2)20-18-22(4)14-11-13-21(3)16-17-24-23(5)15-12-19-25(24,6)7/h13,18H,9-12,14-17,19-20H2,1-8H3/b21-13+,22-18+. The highest BCUT2D eigenvalue weighted by Crippen LogP contribution is 2.42. The zero-order chi connectivity index (χ0) is 21.2. The van der Waals surface area contributed by atoms with Crippen LogP contribution in [0.5, 0.6) is 0 Å². The molecule has 28 heavy (non-hydrogen) atoms. The van der Waals surface area contributed by atoms with Crippen LogP contribution >= 0.6 is 0 Å². The average Bonchev–Trinajstić information content (AvgIpc) is 2.59. The summed E-state index contributed by atoms with van der Waals surface area (Å²) in [4.78, 5) is 0. The van der Waals surface area contributed by atoms with E-state index in [1.807, 2.05) is 0 Å². The first-order valence-corrected chi connectivity index (χ1v) is 13.9. The van der Waals surface area contributed by atoms with E-state index in [-0.39, 0.29) is 0 Å². The third-order valence-electron chi connectivity index (χ3n) is 6.21. The molecule has 0 aromatic rings. The molecule has 0 unspecified atom stereocenters. The van der Waals surface area contributed by atoms with Crippen molar-refractivity contribution in [2.45, 2.75) is 106 Å². The summed E-state index contributed by atoms with van der Waals surface area (Å²) in [6.07, 6.45) is 13.5. The summed E-state index contributed by atoms with van der Waals surface area (Å²) in [6, 6.07) is 0.950. The van der Waals surface area contributed by atoms with Crippen LogP contribution in [0.1, 0.15) is 93.4 Å². The molecule has 0 N–H and O–H groups in total. The molecular formula is C25H46O2Si. The fourth-order valence-corrected chi connectivity index (χ4v) is 6.69. The smallest absolute Gasteiger partial charge is 0.338 e. The SMILES string of the molecule is CCO[Si](C)(C/C=C(\C)CC/C=C(\C)CCC1=C(C)CCCC1(C)C)OCC. The molecular weight excluding hydrogens is 360 g/mol. The molecule has 0 aromatic carbocycles. The zero-order valence-corrected chi connectivity index (χ0v) is 21.0. The monoisotopic (exact) mass is 406 g/mol. The van der Waals surface area contributed by atoms with E-state index in [0.717, 1.165) is 32.1 Å². The Labute approximate surface area is 176 Å². The molecule has 0 atom stereocenters. The molecule has 1 rings (SSSR count). The van der Waals surface area contributed by atoms with Crippen molar-refractivity contribution < 1.29 is 8.85 Å². The summed E-state index contributed by atoms with van der Waals surface area (Å²) in [5.41, 5.74) is 6.77. The van der Waals surface area contributed by atoms with E-state index < -0.39 is 8.56 Å². The molecule has 0 aliphatic heterocycles. The lowest BCUT2D eigenvalue weighted by molar-refractivity contribution is 0.192. The number of rotatable bonds is 12. The summed E-state index contributed by atoms with van der Waals surface area (Å²) < 4.78 is 11.9. The normalized spacial score (nSPS) is 18.7. The maximum Gasteiger partial charge on any atom is 0.338 e. The van der Waals surface area contributed by atoms with E-state index in [1.165, 1.54) is 43.3 Å². The van der Waals surface area contributed by atoms with Crippen molar-refractivity contribution in [2.24, 2.45) is 5.41 Å². The van der Waals surface area contributed by atoms with Crippen LogP contribution in [0.25, 0.3) is 0 Å². The van der Waals surface area contributed by atoms with Crippen LogP contribution in [0.2, 0.25) is 12.6 Å². The van der Waals surface area contributed by atoms with Gasteiger partial charge in [0.25, 0.3) is 0 Å². The van der Waals surface area contributed by atoms with Crippen LogP contribution in [-0.4, -0.2) is 21.8 Å². The number of hydrogen-bond acceptors (Lipinski definition) is 2. The highest BCUT2D eigenvalue weighted by molar-refractivity contribution is 6.66. The van der Waals surface area contributed by atoms with E-state index >= 15 is 0 Å². The Bertz CT molecular complexity index is 563. The molecule has 1 aliphatic carbocycles. The molecule has 0 saturated carbocycles. The van der Waals surface area contributed by atoms with Gasteiger partial charge in [-0.15, -0.1) is 0 Å². The molecule has 2 nitrogen and oxygen atoms in total. The Morgan fingerprint density at radius 2 is 1.64 bits per heavy atom. The molecule has 0 bridgehead atoms. The van der Waals surface area contributed by atoms with Crippen molar-refractivity contribution in [3.8, 4) is 0 Å². The second kappa shape index (κ2) is 12.1. The van der Waals surface area contributed by atoms with Gasteiger partial charge >= 0.3 is 8.56 Å². The molecule has 162 valence electrons. The van der Waals surface area contributed by atoms with Gasteiger partial charge in [-0.3, -0.25) is 0 Å². The third-order valence-corrected chi connectivity index (χ3v) is 8.95. The van der Waals surface area contributed by atoms with Crippen molar-refractivity contribution in [2.75, 3.05) is 13.2 Å². The summed E-state index contributed by atoms with van der Waals surface area (Å²) in [5, 5.41) is 0. The predicted molar refractivity (Wildman–Crippen MR) is 126 cm³/mol. The molecule has 0 radical (unpaired) electrons. The van der Waals surface area contributed by atoms with Crippen LogP contribution in [0.3, 0.4) is 0 Å². The predicted octanol–water partition coefficient (Wildman–Crippen LogP) is 8.11. The van der Waals surface area contributed by atoms with E-state index in [9.17, 15) is 0 Å². The number of allylic oxidation sites excluding steroid dienone is 6. The average molecular weight is 407 g/mol. The minimum Gasteiger partial charge on any atom is -0.394 e. The first-order valence-electron chi connectivity index (χ1n) is 11.4. The highest BCUT2D eigenvalue weighted by Gasteiger charge is 2.29. The van der Waals surface area contributed by atoms with Gasteiger partial charge in [0, 0.05) is 19.3 Å². The fourth-order valence-electron chi connectivity index (χ4n) is 4.43. The van der Waals surface area contributed by atoms with Crippen molar-refractivity contribution in [1.29, 1.82) is 0 Å². The van der Waals surface area contributed by atoms with Gasteiger partial charge in [-0.2, -0.15) is 0 Å². The molecule has 0 spiro atoms. The van der Waals surface area contributed by atoms with Crippen molar-refractivity contribution >= 4 is 8.56 Å². The maximum absolute atomic E-state index is 5.93. The van der Waals surface area contributed by atoms with Crippen molar-refractivity contribution in [3.63, 3.8) is 0 Å². The van der Waals surface area contributed by atoms with Gasteiger partial charge in [0.05, 0.1) is 0 Å². The van der Waals surface area contributed by atoms with Gasteiger partial charge in [0.2, 0.25) is 0 Å². The Balaban J connectivity index is 2.48. The fraction of sp³-hybridized carbons (Fsp3) is 0.760. The van der Waals surface area contributed by atoms with Crippen LogP contribution in [0.15, 0.2) is 34.4 Å². The largest absolute Gasteiger partial charge is 0.394 e. The lowest BCUT2D eigenvalue weighted by atomic mass is 9.71. The second-order valence-electron chi connectivity index (χ2n) is 9.34. The van der Waals surface area contributed by atoms with Gasteiger partial charge in [-0.25, -0.2) is 0 Å². The Hall–Kier alpha value is -0.643. The lowest BCUT2D eigenvalue weighted by Crippen LogP contribution is -2.38. The topological polar surface area (TPSA) is 18.5 Å². The van der Waals surface area contributed by atoms with Crippen LogP contribution in [0.4, 0.5) is 0 Å². The van der Waals surface area contributed by atoms with E-state index in [2.05, 4.69) is 67.2 Å². The van der Waals surface area contributed by atoms with Gasteiger partial charge < -0.3 is 8.85 Å². The Kier molecular flexibility index (Phi) is 11.0. The highest BCUT2D eigenvalue weighted by atomic mass is 28.4. The first kappa shape index (κ1) is 25.4. The van der Waals surface area contributed by atoms with Crippen LogP contribution in [-0.2, 0) is 8.85 Å². The molecule has 0 saturated heterocycles. The molecule has 0 heterocycles. The van der Waals surface area contributed by atoms with Crippen LogP contribution in [0, 0.1) is 5.41 Å². The lowest BCUT2D eigenvalue weighted by Gasteiger charge is -2.35. The molecule has 0 amide bonds. The third kappa shape index (κ3) is 8.80. The molecule has 0 aromatic heterocycles. The minimum atomic E-state index is -2.02. The quantitative estimate of drug-likeness (QED) is 0.241. The minimum absolute atomic E-state index is 0.402. The van der Waals surface area contributed by atoms with Gasteiger partial charge in [0.1, 0.15) is 0 Å². The summed E-state index contributed by atoms with van der Waals surface area (Å²) >= 11 is 0. The summed E-state index contributed by atoms with van der Waals surface area (Å²) in [7, 11) is -2.02. The van der Waals surface area contributed by atoms with Gasteiger partial charge in [-0.1, -0.05) is 48.3 Å². The number of hydrogen-bond donors (Lipinski definition) is 0. The van der Waals surface area contributed by atoms with Gasteiger partial charge in [-0.05, 0) is 91.5 Å². The van der Waals surface area contributed by atoms with E-state index in [1.54, 1.807) is 11.1 Å². The maximum atomic E-state index is 5.93. The van der Waals surface area contributed by atoms with E-state index in [0.29, 0.717) is 5.41 Å². The molecule has 1 aliphatic rings. The van der Waals surface area contributed by atoms with Crippen molar-refractivity contribution in [1.82, 2.24) is 0 Å². The van der Waals surface area contributed by atoms with E-state index in [4.69, 9.17) is 8.85 Å². The van der Waals surface area contributed by atoms with Crippen molar-refractivity contribution in [3.05, 3.63) is 34.4 Å². The first-order chi connectivity index (χ1) is 13.1.